The van der Waals surface area contributed by atoms with E-state index < -0.39 is 0 Å². The lowest BCUT2D eigenvalue weighted by Crippen LogP contribution is -2.49. The summed E-state index contributed by atoms with van der Waals surface area (Å²) in [6.45, 7) is 7.92. The zero-order valence-corrected chi connectivity index (χ0v) is 17.4. The van der Waals surface area contributed by atoms with Gasteiger partial charge < -0.3 is 5.32 Å². The maximum atomic E-state index is 12.1. The van der Waals surface area contributed by atoms with Crippen molar-refractivity contribution in [3.05, 3.63) is 47.3 Å². The predicted molar refractivity (Wildman–Crippen MR) is 112 cm³/mol. The molecule has 0 radical (unpaired) electrons. The van der Waals surface area contributed by atoms with E-state index in [2.05, 4.69) is 49.4 Å². The Hall–Kier alpha value is -1.90. The molecule has 3 nitrogen and oxygen atoms in total. The summed E-state index contributed by atoms with van der Waals surface area (Å²) in [7, 11) is 0. The van der Waals surface area contributed by atoms with Gasteiger partial charge in [-0.3, -0.25) is 9.78 Å². The van der Waals surface area contributed by atoms with Crippen molar-refractivity contribution >= 4 is 11.5 Å². The van der Waals surface area contributed by atoms with Crippen LogP contribution in [-0.4, -0.2) is 17.4 Å². The Morgan fingerprint density at radius 2 is 1.96 bits per heavy atom. The van der Waals surface area contributed by atoms with Gasteiger partial charge in [0.25, 0.3) is 0 Å². The fraction of sp³-hybridized carbons (Fsp3) is 0.600. The topological polar surface area (TPSA) is 42.0 Å². The van der Waals surface area contributed by atoms with Crippen molar-refractivity contribution in [1.29, 1.82) is 0 Å². The van der Waals surface area contributed by atoms with Crippen molar-refractivity contribution in [3.63, 3.8) is 0 Å². The van der Waals surface area contributed by atoms with Gasteiger partial charge in [-0.05, 0) is 96.8 Å². The van der Waals surface area contributed by atoms with Crippen LogP contribution in [0.25, 0.3) is 5.57 Å². The van der Waals surface area contributed by atoms with Gasteiger partial charge in [0.15, 0.2) is 0 Å². The average Bonchev–Trinajstić information content (AvgIpc) is 2.93. The number of hydrogen-bond acceptors (Lipinski definition) is 2. The van der Waals surface area contributed by atoms with Crippen LogP contribution in [0.3, 0.4) is 0 Å². The van der Waals surface area contributed by atoms with Gasteiger partial charge >= 0.3 is 0 Å². The Morgan fingerprint density at radius 1 is 1.11 bits per heavy atom. The minimum Gasteiger partial charge on any atom is -0.353 e. The molecular weight excluding hydrogens is 344 g/mol. The van der Waals surface area contributed by atoms with Crippen molar-refractivity contribution in [3.8, 4) is 0 Å². The molecule has 5 atom stereocenters. The number of allylic oxidation sites excluding steroid dienone is 3. The Kier molecular flexibility index (Phi) is 4.08. The highest BCUT2D eigenvalue weighted by molar-refractivity contribution is 5.88. The van der Waals surface area contributed by atoms with E-state index in [4.69, 9.17) is 0 Å². The third-order valence-electron chi connectivity index (χ3n) is 8.75. The summed E-state index contributed by atoms with van der Waals surface area (Å²) < 4.78 is 0. The van der Waals surface area contributed by atoms with E-state index in [1.807, 2.05) is 12.3 Å². The first-order valence-electron chi connectivity index (χ1n) is 11.0. The second-order valence-electron chi connectivity index (χ2n) is 10.1. The van der Waals surface area contributed by atoms with Crippen molar-refractivity contribution in [2.24, 2.45) is 28.6 Å². The molecule has 5 rings (SSSR count). The Bertz CT molecular complexity index is 884. The van der Waals surface area contributed by atoms with Crippen LogP contribution in [0.2, 0.25) is 0 Å². The molecule has 1 aliphatic heterocycles. The fourth-order valence-electron chi connectivity index (χ4n) is 7.28. The summed E-state index contributed by atoms with van der Waals surface area (Å²) in [5, 5.41) is 3.08. The highest BCUT2D eigenvalue weighted by Crippen LogP contribution is 2.66. The molecule has 28 heavy (non-hydrogen) atoms. The Balaban J connectivity index is 1.48. The van der Waals surface area contributed by atoms with Gasteiger partial charge in [0.1, 0.15) is 0 Å². The number of aryl methyl sites for hydroxylation is 1. The number of pyridine rings is 1. The summed E-state index contributed by atoms with van der Waals surface area (Å²) in [4.78, 5) is 16.6. The average molecular weight is 377 g/mol. The van der Waals surface area contributed by atoms with Crippen LogP contribution in [0.5, 0.6) is 0 Å². The van der Waals surface area contributed by atoms with Gasteiger partial charge in [-0.25, -0.2) is 0 Å². The molecular formula is C25H32N2O. The van der Waals surface area contributed by atoms with E-state index in [1.54, 1.807) is 0 Å². The Morgan fingerprint density at radius 3 is 2.79 bits per heavy atom. The quantitative estimate of drug-likeness (QED) is 0.743. The first-order valence-corrected chi connectivity index (χ1v) is 11.0. The summed E-state index contributed by atoms with van der Waals surface area (Å²) in [6.07, 6.45) is 15.6. The largest absolute Gasteiger partial charge is 0.353 e. The van der Waals surface area contributed by atoms with Gasteiger partial charge in [0, 0.05) is 25.0 Å². The molecule has 0 bridgehead atoms. The standard InChI is InChI=1S/C25H32N2O/c1-16-12-17(15-26-14-16)20-6-7-21-19-5-4-18-13-23(28)27-11-10-24(18,2)22(19)8-9-25(20,21)3/h6,12-15,19,21-22H,4-5,7-11H2,1-3H3,(H,27,28). The second kappa shape index (κ2) is 6.30. The Labute approximate surface area is 168 Å². The third-order valence-corrected chi connectivity index (χ3v) is 8.75. The van der Waals surface area contributed by atoms with Crippen molar-refractivity contribution in [2.45, 2.75) is 59.3 Å². The highest BCUT2D eigenvalue weighted by atomic mass is 16.1. The zero-order chi connectivity index (χ0) is 19.5. The van der Waals surface area contributed by atoms with Gasteiger partial charge in [0.05, 0.1) is 0 Å². The van der Waals surface area contributed by atoms with Crippen LogP contribution >= 0.6 is 0 Å². The SMILES string of the molecule is Cc1cncc(C2=CCC3C4CCC5=CC(=O)NCCC5(C)C4CCC23C)c1. The van der Waals surface area contributed by atoms with E-state index in [-0.39, 0.29) is 16.7 Å². The summed E-state index contributed by atoms with van der Waals surface area (Å²) in [5.74, 6) is 2.32. The van der Waals surface area contributed by atoms with Crippen LogP contribution in [-0.2, 0) is 4.79 Å². The molecule has 5 unspecified atom stereocenters. The summed E-state index contributed by atoms with van der Waals surface area (Å²) in [6, 6.07) is 2.31. The predicted octanol–water partition coefficient (Wildman–Crippen LogP) is 5.07. The number of carbonyl (C=O) groups is 1. The lowest BCUT2D eigenvalue weighted by molar-refractivity contribution is -0.116. The van der Waals surface area contributed by atoms with Crippen LogP contribution < -0.4 is 5.32 Å². The molecule has 0 saturated heterocycles. The van der Waals surface area contributed by atoms with Crippen LogP contribution in [0, 0.1) is 35.5 Å². The molecule has 0 spiro atoms. The van der Waals surface area contributed by atoms with Crippen LogP contribution in [0.15, 0.2) is 36.2 Å². The smallest absolute Gasteiger partial charge is 0.243 e. The number of aromatic nitrogens is 1. The molecule has 1 N–H and O–H groups in total. The molecule has 3 heteroatoms. The zero-order valence-electron chi connectivity index (χ0n) is 17.4. The number of fused-ring (bicyclic) bond motifs is 5. The normalized spacial score (nSPS) is 39.7. The summed E-state index contributed by atoms with van der Waals surface area (Å²) in [5.41, 5.74) is 5.99. The van der Waals surface area contributed by atoms with Crippen molar-refractivity contribution < 1.29 is 4.79 Å². The van der Waals surface area contributed by atoms with E-state index in [0.717, 1.165) is 31.2 Å². The number of rotatable bonds is 1. The lowest BCUT2D eigenvalue weighted by Gasteiger charge is -2.57. The van der Waals surface area contributed by atoms with Gasteiger partial charge in [-0.1, -0.05) is 25.5 Å². The maximum absolute atomic E-state index is 12.1. The lowest BCUT2D eigenvalue weighted by atomic mass is 9.47. The second-order valence-corrected chi connectivity index (χ2v) is 10.1. The van der Waals surface area contributed by atoms with E-state index in [0.29, 0.717) is 5.92 Å². The molecule has 3 aliphatic carbocycles. The molecule has 4 aliphatic rings. The molecule has 1 amide bonds. The molecule has 2 fully saturated rings. The van der Waals surface area contributed by atoms with Gasteiger partial charge in [-0.2, -0.15) is 0 Å². The molecule has 2 saturated carbocycles. The first-order chi connectivity index (χ1) is 13.4. The van der Waals surface area contributed by atoms with Gasteiger partial charge in [0.2, 0.25) is 5.91 Å². The molecule has 1 aromatic heterocycles. The maximum Gasteiger partial charge on any atom is 0.243 e. The van der Waals surface area contributed by atoms with Gasteiger partial charge in [-0.15, -0.1) is 0 Å². The first kappa shape index (κ1) is 18.1. The highest BCUT2D eigenvalue weighted by Gasteiger charge is 2.56. The number of carbonyl (C=O) groups excluding carboxylic acids is 1. The molecule has 0 aromatic carbocycles. The molecule has 2 heterocycles. The van der Waals surface area contributed by atoms with Crippen LogP contribution in [0.1, 0.15) is 63.5 Å². The molecule has 1 aromatic rings. The monoisotopic (exact) mass is 376 g/mol. The van der Waals surface area contributed by atoms with E-state index in [9.17, 15) is 4.79 Å². The minimum atomic E-state index is 0.120. The van der Waals surface area contributed by atoms with Crippen molar-refractivity contribution in [1.82, 2.24) is 10.3 Å². The van der Waals surface area contributed by atoms with Crippen molar-refractivity contribution in [2.75, 3.05) is 6.54 Å². The minimum absolute atomic E-state index is 0.120. The van der Waals surface area contributed by atoms with Crippen LogP contribution in [0.4, 0.5) is 0 Å². The molecule has 148 valence electrons. The van der Waals surface area contributed by atoms with E-state index in [1.165, 1.54) is 48.0 Å². The number of nitrogens with one attached hydrogen (secondary N) is 1. The number of nitrogens with zero attached hydrogens (tertiary/aromatic N) is 1. The third kappa shape index (κ3) is 2.54. The number of amides is 1. The number of hydrogen-bond donors (Lipinski definition) is 1. The van der Waals surface area contributed by atoms with E-state index >= 15 is 0 Å². The fourth-order valence-corrected chi connectivity index (χ4v) is 7.28. The summed E-state index contributed by atoms with van der Waals surface area (Å²) >= 11 is 0.